The third-order valence-electron chi connectivity index (χ3n) is 0. The van der Waals surface area contributed by atoms with E-state index < -0.39 is 0 Å². The molecule has 0 saturated heterocycles. The van der Waals surface area contributed by atoms with E-state index in [1.165, 1.54) is 0 Å². The molecule has 0 bridgehead atoms. The maximum atomic E-state index is 7.94. The van der Waals surface area contributed by atoms with Crippen LogP contribution in [0, 0.1) is 0 Å². The summed E-state index contributed by atoms with van der Waals surface area (Å²) >= 11 is 2.31. The van der Waals surface area contributed by atoms with Gasteiger partial charge in [0, 0.05) is 16.8 Å². The molecule has 1 radical (unpaired) electrons. The zero-order valence-electron chi connectivity index (χ0n) is 2.07. The Balaban J connectivity index is -0.00000000167. The SMILES string of the molecule is O.O.[Co].[O]=[Co]. The standard InChI is InChI=1S/2Co.2H2O.O/h;;2*1H2;. The van der Waals surface area contributed by atoms with E-state index in [1.54, 1.807) is 0 Å². The molecular formula is H4Co2O3. The topological polar surface area (TPSA) is 80.1 Å². The van der Waals surface area contributed by atoms with E-state index in [1.807, 2.05) is 0 Å². The number of hydrogen-bond donors (Lipinski definition) is 0. The van der Waals surface area contributed by atoms with Crippen LogP contribution < -0.4 is 0 Å². The fourth-order valence-electron chi connectivity index (χ4n) is 0. The van der Waals surface area contributed by atoms with Gasteiger partial charge < -0.3 is 11.0 Å². The van der Waals surface area contributed by atoms with Crippen LogP contribution in [0.1, 0.15) is 0 Å². The van der Waals surface area contributed by atoms with Gasteiger partial charge in [-0.05, 0) is 0 Å². The number of hydrogen-bond acceptors (Lipinski definition) is 1. The molecule has 0 aliphatic rings. The van der Waals surface area contributed by atoms with Crippen molar-refractivity contribution in [1.82, 2.24) is 0 Å². The summed E-state index contributed by atoms with van der Waals surface area (Å²) in [6, 6.07) is 0. The van der Waals surface area contributed by atoms with Crippen molar-refractivity contribution in [2.45, 2.75) is 0 Å². The third-order valence-corrected chi connectivity index (χ3v) is 0. The summed E-state index contributed by atoms with van der Waals surface area (Å²) in [7, 11) is 0. The van der Waals surface area contributed by atoms with Crippen LogP contribution in [0.4, 0.5) is 0 Å². The molecule has 0 rings (SSSR count). The van der Waals surface area contributed by atoms with E-state index in [4.69, 9.17) is 3.87 Å². The van der Waals surface area contributed by atoms with E-state index in [0.29, 0.717) is 0 Å². The molecule has 0 unspecified atom stereocenters. The van der Waals surface area contributed by atoms with Crippen molar-refractivity contribution in [2.24, 2.45) is 0 Å². The van der Waals surface area contributed by atoms with Crippen LogP contribution in [-0.2, 0) is 36.3 Å². The first-order valence-corrected chi connectivity index (χ1v) is 0.561. The normalized spacial score (nSPS) is 1.00. The Labute approximate surface area is 47.7 Å². The molecule has 0 aromatic heterocycles. The Morgan fingerprint density at radius 1 is 1.00 bits per heavy atom. The fraction of sp³-hybridized carbons (Fsp3) is 0. The van der Waals surface area contributed by atoms with Crippen LogP contribution in [0.5, 0.6) is 0 Å². The van der Waals surface area contributed by atoms with E-state index in [2.05, 4.69) is 15.7 Å². The first-order chi connectivity index (χ1) is 1.00. The summed E-state index contributed by atoms with van der Waals surface area (Å²) in [5.41, 5.74) is 0. The van der Waals surface area contributed by atoms with Gasteiger partial charge in [-0.3, -0.25) is 0 Å². The van der Waals surface area contributed by atoms with Gasteiger partial charge in [0.05, 0.1) is 0 Å². The van der Waals surface area contributed by atoms with Gasteiger partial charge in [0.2, 0.25) is 0 Å². The summed E-state index contributed by atoms with van der Waals surface area (Å²) in [5.74, 6) is 0. The summed E-state index contributed by atoms with van der Waals surface area (Å²) in [6.45, 7) is 0. The molecule has 3 nitrogen and oxygen atoms in total. The van der Waals surface area contributed by atoms with Crippen LogP contribution in [0.3, 0.4) is 0 Å². The van der Waals surface area contributed by atoms with Gasteiger partial charge in [0.25, 0.3) is 0 Å². The molecule has 5 heteroatoms. The van der Waals surface area contributed by atoms with Gasteiger partial charge in [-0.2, -0.15) is 0 Å². The summed E-state index contributed by atoms with van der Waals surface area (Å²) in [6.07, 6.45) is 0. The van der Waals surface area contributed by atoms with Crippen LogP contribution in [0.25, 0.3) is 0 Å². The molecule has 0 spiro atoms. The van der Waals surface area contributed by atoms with Crippen molar-refractivity contribution in [2.75, 3.05) is 0 Å². The third kappa shape index (κ3) is 65.8. The van der Waals surface area contributed by atoms with E-state index >= 15 is 0 Å². The average molecular weight is 170 g/mol. The van der Waals surface area contributed by atoms with Gasteiger partial charge >= 0.3 is 19.5 Å². The second kappa shape index (κ2) is 123. The zero-order valence-corrected chi connectivity index (χ0v) is 4.16. The second-order valence-corrected chi connectivity index (χ2v) is 0. The molecule has 0 saturated carbocycles. The van der Waals surface area contributed by atoms with Gasteiger partial charge in [-0.25, -0.2) is 0 Å². The molecule has 0 atom stereocenters. The van der Waals surface area contributed by atoms with Crippen molar-refractivity contribution in [1.29, 1.82) is 0 Å². The maximum absolute atomic E-state index is 7.94. The second-order valence-electron chi connectivity index (χ2n) is 0. The van der Waals surface area contributed by atoms with Crippen LogP contribution in [0.15, 0.2) is 0 Å². The van der Waals surface area contributed by atoms with Gasteiger partial charge in [-0.15, -0.1) is 0 Å². The Morgan fingerprint density at radius 3 is 1.00 bits per heavy atom. The molecular weight excluding hydrogens is 166 g/mol. The van der Waals surface area contributed by atoms with Crippen molar-refractivity contribution < 1.29 is 47.3 Å². The molecule has 5 heavy (non-hydrogen) atoms. The Morgan fingerprint density at radius 2 is 1.00 bits per heavy atom. The predicted octanol–water partition coefficient (Wildman–Crippen LogP) is -1.77. The minimum absolute atomic E-state index is 0. The number of rotatable bonds is 0. The molecule has 40 valence electrons. The van der Waals surface area contributed by atoms with Crippen LogP contribution >= 0.6 is 0 Å². The van der Waals surface area contributed by atoms with Gasteiger partial charge in [-0.1, -0.05) is 0 Å². The molecule has 0 aliphatic heterocycles. The Hall–Kier alpha value is 0.733. The Kier molecular flexibility index (Phi) is 1050. The quantitative estimate of drug-likeness (QED) is 0.423. The molecule has 0 heterocycles. The predicted molar refractivity (Wildman–Crippen MR) is 7.91 cm³/mol. The summed E-state index contributed by atoms with van der Waals surface area (Å²) in [5, 5.41) is 0. The van der Waals surface area contributed by atoms with Crippen LogP contribution in [0.2, 0.25) is 0 Å². The van der Waals surface area contributed by atoms with Crippen molar-refractivity contribution in [3.63, 3.8) is 0 Å². The molecule has 0 aromatic rings. The van der Waals surface area contributed by atoms with E-state index in [0.717, 1.165) is 0 Å². The molecule has 0 fully saturated rings. The van der Waals surface area contributed by atoms with Crippen molar-refractivity contribution in [3.8, 4) is 0 Å². The van der Waals surface area contributed by atoms with E-state index in [-0.39, 0.29) is 27.7 Å². The van der Waals surface area contributed by atoms with Crippen molar-refractivity contribution in [3.05, 3.63) is 0 Å². The molecule has 0 amide bonds. The average Bonchev–Trinajstić information content (AvgIpc) is 1.00. The van der Waals surface area contributed by atoms with Crippen LogP contribution in [-0.4, -0.2) is 11.0 Å². The Bertz CT molecular complexity index is 4.85. The van der Waals surface area contributed by atoms with Gasteiger partial charge in [0.15, 0.2) is 0 Å². The zero-order chi connectivity index (χ0) is 2.00. The molecule has 0 aromatic carbocycles. The molecule has 4 N–H and O–H groups in total. The van der Waals surface area contributed by atoms with E-state index in [9.17, 15) is 0 Å². The molecule has 0 aliphatic carbocycles. The minimum atomic E-state index is 0. The summed E-state index contributed by atoms with van der Waals surface area (Å²) in [4.78, 5) is 0. The monoisotopic (exact) mass is 170 g/mol. The summed E-state index contributed by atoms with van der Waals surface area (Å²) < 4.78 is 7.94. The first-order valence-electron chi connectivity index (χ1n) is 0.136. The van der Waals surface area contributed by atoms with Gasteiger partial charge in [0.1, 0.15) is 0 Å². The first kappa shape index (κ1) is 42.8. The van der Waals surface area contributed by atoms with Crippen molar-refractivity contribution >= 4 is 0 Å². The fourth-order valence-corrected chi connectivity index (χ4v) is 0.